The van der Waals surface area contributed by atoms with Crippen molar-refractivity contribution in [2.45, 2.75) is 67.7 Å². The van der Waals surface area contributed by atoms with Gasteiger partial charge in [-0.1, -0.05) is 36.8 Å². The normalized spacial score (nSPS) is 32.0. The average molecular weight is 306 g/mol. The molecule has 1 aromatic rings. The van der Waals surface area contributed by atoms with Crippen molar-refractivity contribution in [1.29, 1.82) is 0 Å². The Hall–Kier alpha value is -0.510. The summed E-state index contributed by atoms with van der Waals surface area (Å²) in [6, 6.07) is 10.3. The van der Waals surface area contributed by atoms with Crippen LogP contribution in [0.2, 0.25) is 0 Å². The Kier molecular flexibility index (Phi) is 5.25. The number of rotatable bonds is 6. The Morgan fingerprint density at radius 3 is 2.57 bits per heavy atom. The van der Waals surface area contributed by atoms with Gasteiger partial charge in [-0.25, -0.2) is 0 Å². The van der Waals surface area contributed by atoms with Gasteiger partial charge >= 0.3 is 0 Å². The molecule has 0 amide bonds. The fraction of sp³-hybridized carbons (Fsp3) is 0.667. The highest BCUT2D eigenvalue weighted by molar-refractivity contribution is 8.00. The van der Waals surface area contributed by atoms with Gasteiger partial charge in [-0.3, -0.25) is 0 Å². The molecule has 2 bridgehead atoms. The zero-order chi connectivity index (χ0) is 14.5. The maximum absolute atomic E-state index is 10.8. The van der Waals surface area contributed by atoms with E-state index in [1.165, 1.54) is 24.8 Å². The van der Waals surface area contributed by atoms with E-state index in [4.69, 9.17) is 4.74 Å². The van der Waals surface area contributed by atoms with Gasteiger partial charge < -0.3 is 9.84 Å². The molecule has 3 heteroatoms. The number of ether oxygens (including phenoxy) is 1. The van der Waals surface area contributed by atoms with Crippen LogP contribution in [0.1, 0.15) is 50.5 Å². The molecule has 2 fully saturated rings. The molecule has 2 atom stereocenters. The summed E-state index contributed by atoms with van der Waals surface area (Å²) in [6.07, 6.45) is 7.81. The molecule has 21 heavy (non-hydrogen) atoms. The first-order valence-electron chi connectivity index (χ1n) is 8.23. The van der Waals surface area contributed by atoms with Gasteiger partial charge in [-0.2, -0.15) is 11.8 Å². The van der Waals surface area contributed by atoms with Gasteiger partial charge in [0.05, 0.1) is 12.2 Å². The van der Waals surface area contributed by atoms with Crippen LogP contribution in [-0.4, -0.2) is 27.8 Å². The SMILES string of the molecule is OC1(CCCOCc2ccccc2)CC2CCCC(C1)S2. The monoisotopic (exact) mass is 306 g/mol. The second-order valence-corrected chi connectivity index (χ2v) is 8.19. The third-order valence-corrected chi connectivity index (χ3v) is 6.27. The highest BCUT2D eigenvalue weighted by Crippen LogP contribution is 2.46. The molecule has 2 aliphatic rings. The zero-order valence-corrected chi connectivity index (χ0v) is 13.5. The fourth-order valence-corrected chi connectivity index (χ4v) is 5.65. The van der Waals surface area contributed by atoms with Crippen LogP contribution in [-0.2, 0) is 11.3 Å². The number of fused-ring (bicyclic) bond motifs is 2. The molecule has 0 radical (unpaired) electrons. The van der Waals surface area contributed by atoms with E-state index in [1.807, 2.05) is 18.2 Å². The van der Waals surface area contributed by atoms with Crippen LogP contribution in [0.15, 0.2) is 30.3 Å². The van der Waals surface area contributed by atoms with Crippen molar-refractivity contribution in [2.24, 2.45) is 0 Å². The summed E-state index contributed by atoms with van der Waals surface area (Å²) in [6.45, 7) is 1.43. The first-order valence-corrected chi connectivity index (χ1v) is 9.17. The van der Waals surface area contributed by atoms with Crippen LogP contribution >= 0.6 is 11.8 Å². The van der Waals surface area contributed by atoms with Crippen LogP contribution in [0, 0.1) is 0 Å². The van der Waals surface area contributed by atoms with Crippen molar-refractivity contribution in [3.8, 4) is 0 Å². The molecule has 1 N–H and O–H groups in total. The molecule has 1 aromatic carbocycles. The summed E-state index contributed by atoms with van der Waals surface area (Å²) in [5.74, 6) is 0. The molecule has 2 unspecified atom stereocenters. The average Bonchev–Trinajstić information content (AvgIpc) is 2.47. The lowest BCUT2D eigenvalue weighted by molar-refractivity contribution is -0.00561. The summed E-state index contributed by atoms with van der Waals surface area (Å²) < 4.78 is 5.73. The number of benzene rings is 1. The minimum atomic E-state index is -0.420. The standard InChI is InChI=1S/C18H26O2S/c19-18(12-16-8-4-9-17(13-18)21-16)10-5-11-20-14-15-6-2-1-3-7-15/h1-3,6-7,16-17,19H,4-5,8-14H2. The predicted molar refractivity (Wildman–Crippen MR) is 88.5 cm³/mol. The first kappa shape index (κ1) is 15.4. The van der Waals surface area contributed by atoms with E-state index in [1.54, 1.807) is 0 Å². The van der Waals surface area contributed by atoms with Crippen molar-refractivity contribution >= 4 is 11.8 Å². The molecule has 0 spiro atoms. The largest absolute Gasteiger partial charge is 0.390 e. The Labute approximate surface area is 132 Å². The van der Waals surface area contributed by atoms with E-state index >= 15 is 0 Å². The molecular weight excluding hydrogens is 280 g/mol. The summed E-state index contributed by atoms with van der Waals surface area (Å²) >= 11 is 2.13. The lowest BCUT2D eigenvalue weighted by Crippen LogP contribution is -2.42. The van der Waals surface area contributed by atoms with Crippen LogP contribution < -0.4 is 0 Å². The number of hydrogen-bond acceptors (Lipinski definition) is 3. The maximum atomic E-state index is 10.8. The second kappa shape index (κ2) is 7.17. The van der Waals surface area contributed by atoms with Gasteiger partial charge in [0.15, 0.2) is 0 Å². The summed E-state index contributed by atoms with van der Waals surface area (Å²) in [7, 11) is 0. The van der Waals surface area contributed by atoms with Crippen LogP contribution in [0.3, 0.4) is 0 Å². The molecule has 2 nitrogen and oxygen atoms in total. The second-order valence-electron chi connectivity index (χ2n) is 6.59. The van der Waals surface area contributed by atoms with Gasteiger partial charge in [0, 0.05) is 17.1 Å². The van der Waals surface area contributed by atoms with Crippen LogP contribution in [0.5, 0.6) is 0 Å². The van der Waals surface area contributed by atoms with E-state index in [2.05, 4.69) is 23.9 Å². The number of thioether (sulfide) groups is 1. The summed E-state index contributed by atoms with van der Waals surface area (Å²) in [4.78, 5) is 0. The molecule has 3 rings (SSSR count). The summed E-state index contributed by atoms with van der Waals surface area (Å²) in [5.41, 5.74) is 0.803. The Balaban J connectivity index is 1.37. The van der Waals surface area contributed by atoms with E-state index in [9.17, 15) is 5.11 Å². The molecule has 2 aliphatic heterocycles. The minimum Gasteiger partial charge on any atom is -0.390 e. The smallest absolute Gasteiger partial charge is 0.0716 e. The Morgan fingerprint density at radius 2 is 1.86 bits per heavy atom. The molecule has 0 aliphatic carbocycles. The van der Waals surface area contributed by atoms with Gasteiger partial charge in [0.25, 0.3) is 0 Å². The van der Waals surface area contributed by atoms with Crippen molar-refractivity contribution < 1.29 is 9.84 Å². The van der Waals surface area contributed by atoms with E-state index in [-0.39, 0.29) is 0 Å². The topological polar surface area (TPSA) is 29.5 Å². The van der Waals surface area contributed by atoms with Gasteiger partial charge in [0.1, 0.15) is 0 Å². The highest BCUT2D eigenvalue weighted by Gasteiger charge is 2.40. The van der Waals surface area contributed by atoms with Crippen molar-refractivity contribution in [3.63, 3.8) is 0 Å². The summed E-state index contributed by atoms with van der Waals surface area (Å²) in [5, 5.41) is 12.2. The molecule has 0 saturated carbocycles. The van der Waals surface area contributed by atoms with Crippen LogP contribution in [0.25, 0.3) is 0 Å². The molecule has 2 saturated heterocycles. The molecule has 2 heterocycles. The fourth-order valence-electron chi connectivity index (χ4n) is 3.68. The molecular formula is C18H26O2S. The van der Waals surface area contributed by atoms with Crippen molar-refractivity contribution in [1.82, 2.24) is 0 Å². The number of hydrogen-bond donors (Lipinski definition) is 1. The lowest BCUT2D eigenvalue weighted by Gasteiger charge is -2.44. The van der Waals surface area contributed by atoms with E-state index < -0.39 is 5.60 Å². The number of aliphatic hydroxyl groups is 1. The van der Waals surface area contributed by atoms with Crippen molar-refractivity contribution in [2.75, 3.05) is 6.61 Å². The first-order chi connectivity index (χ1) is 10.2. The van der Waals surface area contributed by atoms with Crippen molar-refractivity contribution in [3.05, 3.63) is 35.9 Å². The Bertz CT molecular complexity index is 422. The van der Waals surface area contributed by atoms with E-state index in [0.717, 1.165) is 32.3 Å². The molecule has 116 valence electrons. The zero-order valence-electron chi connectivity index (χ0n) is 12.7. The quantitative estimate of drug-likeness (QED) is 0.800. The lowest BCUT2D eigenvalue weighted by atomic mass is 9.82. The van der Waals surface area contributed by atoms with Gasteiger partial charge in [-0.15, -0.1) is 0 Å². The predicted octanol–water partition coefficient (Wildman–Crippen LogP) is 4.16. The minimum absolute atomic E-state index is 0.420. The van der Waals surface area contributed by atoms with E-state index in [0.29, 0.717) is 17.1 Å². The maximum Gasteiger partial charge on any atom is 0.0716 e. The third kappa shape index (κ3) is 4.48. The van der Waals surface area contributed by atoms with Gasteiger partial charge in [-0.05, 0) is 44.1 Å². The highest BCUT2D eigenvalue weighted by atomic mass is 32.2. The van der Waals surface area contributed by atoms with Gasteiger partial charge in [0.2, 0.25) is 0 Å². The third-order valence-electron chi connectivity index (χ3n) is 4.69. The Morgan fingerprint density at radius 1 is 1.14 bits per heavy atom. The van der Waals surface area contributed by atoms with Crippen LogP contribution in [0.4, 0.5) is 0 Å². The molecule has 0 aromatic heterocycles.